The van der Waals surface area contributed by atoms with Crippen LogP contribution in [0.4, 0.5) is 5.82 Å². The van der Waals surface area contributed by atoms with Gasteiger partial charge in [-0.25, -0.2) is 4.98 Å². The molecule has 0 aliphatic carbocycles. The number of aryl methyl sites for hydroxylation is 1. The van der Waals surface area contributed by atoms with E-state index in [1.807, 2.05) is 12.3 Å². The van der Waals surface area contributed by atoms with Crippen molar-refractivity contribution in [1.29, 1.82) is 0 Å². The Balaban J connectivity index is 2.24. The summed E-state index contributed by atoms with van der Waals surface area (Å²) in [6, 6.07) is 2.46. The van der Waals surface area contributed by atoms with Crippen LogP contribution in [0.5, 0.6) is 0 Å². The van der Waals surface area contributed by atoms with Gasteiger partial charge in [-0.05, 0) is 53.2 Å². The molecular weight excluding hydrogens is 290 g/mol. The van der Waals surface area contributed by atoms with Gasteiger partial charge in [0.25, 0.3) is 0 Å². The van der Waals surface area contributed by atoms with Crippen LogP contribution in [-0.2, 0) is 0 Å². The molecule has 0 saturated carbocycles. The Morgan fingerprint density at radius 2 is 2.33 bits per heavy atom. The van der Waals surface area contributed by atoms with E-state index >= 15 is 0 Å². The number of nitrogens with two attached hydrogens (primary N) is 1. The van der Waals surface area contributed by atoms with Gasteiger partial charge in [0.1, 0.15) is 5.82 Å². The van der Waals surface area contributed by atoms with Crippen molar-refractivity contribution in [3.05, 3.63) is 22.3 Å². The number of pyridine rings is 1. The molecular formula is C14H22BrN3. The maximum absolute atomic E-state index is 5.95. The summed E-state index contributed by atoms with van der Waals surface area (Å²) in [4.78, 5) is 6.91. The molecule has 0 radical (unpaired) electrons. The van der Waals surface area contributed by atoms with Gasteiger partial charge < -0.3 is 10.6 Å². The van der Waals surface area contributed by atoms with E-state index < -0.39 is 0 Å². The maximum atomic E-state index is 5.95. The topological polar surface area (TPSA) is 42.2 Å². The molecule has 0 spiro atoms. The number of hydrogen-bond donors (Lipinski definition) is 1. The van der Waals surface area contributed by atoms with Crippen LogP contribution in [-0.4, -0.2) is 24.1 Å². The van der Waals surface area contributed by atoms with Crippen molar-refractivity contribution >= 4 is 21.7 Å². The Labute approximate surface area is 118 Å². The van der Waals surface area contributed by atoms with Crippen LogP contribution in [0.3, 0.4) is 0 Å². The molecule has 3 nitrogen and oxygen atoms in total. The third kappa shape index (κ3) is 2.69. The standard InChI is InChI=1S/C14H22BrN3/c1-3-11-5-7-18(12(8-11)9-16)14-13(15)10(2)4-6-17-14/h4,6,11-12H,3,5,7-9,16H2,1-2H3. The zero-order valence-electron chi connectivity index (χ0n) is 11.2. The second kappa shape index (κ2) is 6.02. The highest BCUT2D eigenvalue weighted by Crippen LogP contribution is 2.33. The Bertz CT molecular complexity index is 408. The Morgan fingerprint density at radius 3 is 3.00 bits per heavy atom. The van der Waals surface area contributed by atoms with Gasteiger partial charge in [0, 0.05) is 25.3 Å². The largest absolute Gasteiger partial charge is 0.351 e. The van der Waals surface area contributed by atoms with Gasteiger partial charge >= 0.3 is 0 Å². The number of hydrogen-bond acceptors (Lipinski definition) is 3. The van der Waals surface area contributed by atoms with Gasteiger partial charge in [0.05, 0.1) is 4.47 Å². The summed E-state index contributed by atoms with van der Waals surface area (Å²) in [7, 11) is 0. The van der Waals surface area contributed by atoms with Gasteiger partial charge in [-0.1, -0.05) is 13.3 Å². The second-order valence-electron chi connectivity index (χ2n) is 5.15. The lowest BCUT2D eigenvalue weighted by Gasteiger charge is -2.40. The zero-order valence-corrected chi connectivity index (χ0v) is 12.8. The fraction of sp³-hybridized carbons (Fsp3) is 0.643. The van der Waals surface area contributed by atoms with Crippen LogP contribution < -0.4 is 10.6 Å². The smallest absolute Gasteiger partial charge is 0.143 e. The average Bonchev–Trinajstić information content (AvgIpc) is 2.41. The summed E-state index contributed by atoms with van der Waals surface area (Å²) in [5.41, 5.74) is 7.18. The predicted molar refractivity (Wildman–Crippen MR) is 79.9 cm³/mol. The third-order valence-corrected chi connectivity index (χ3v) is 4.99. The number of rotatable bonds is 3. The monoisotopic (exact) mass is 311 g/mol. The van der Waals surface area contributed by atoms with Gasteiger partial charge in [0.2, 0.25) is 0 Å². The molecule has 2 N–H and O–H groups in total. The molecule has 2 unspecified atom stereocenters. The van der Waals surface area contributed by atoms with Crippen LogP contribution in [0.1, 0.15) is 31.7 Å². The van der Waals surface area contributed by atoms with E-state index in [0.717, 1.165) is 22.8 Å². The van der Waals surface area contributed by atoms with Crippen LogP contribution in [0, 0.1) is 12.8 Å². The molecule has 0 bridgehead atoms. The first-order valence-electron chi connectivity index (χ1n) is 6.75. The number of halogens is 1. The van der Waals surface area contributed by atoms with Gasteiger partial charge in [-0.3, -0.25) is 0 Å². The van der Waals surface area contributed by atoms with Crippen molar-refractivity contribution in [3.8, 4) is 0 Å². The summed E-state index contributed by atoms with van der Waals surface area (Å²) in [5.74, 6) is 1.87. The maximum Gasteiger partial charge on any atom is 0.143 e. The molecule has 1 aromatic heterocycles. The van der Waals surface area contributed by atoms with Crippen molar-refractivity contribution in [1.82, 2.24) is 4.98 Å². The van der Waals surface area contributed by atoms with Crippen LogP contribution in [0.2, 0.25) is 0 Å². The molecule has 0 amide bonds. The first kappa shape index (κ1) is 13.8. The highest BCUT2D eigenvalue weighted by molar-refractivity contribution is 9.10. The zero-order chi connectivity index (χ0) is 13.1. The lowest BCUT2D eigenvalue weighted by atomic mass is 9.89. The highest BCUT2D eigenvalue weighted by atomic mass is 79.9. The first-order valence-corrected chi connectivity index (χ1v) is 7.54. The van der Waals surface area contributed by atoms with E-state index in [0.29, 0.717) is 12.6 Å². The molecule has 1 fully saturated rings. The van der Waals surface area contributed by atoms with Crippen LogP contribution >= 0.6 is 15.9 Å². The fourth-order valence-electron chi connectivity index (χ4n) is 2.73. The van der Waals surface area contributed by atoms with Crippen molar-refractivity contribution in [2.75, 3.05) is 18.0 Å². The minimum atomic E-state index is 0.425. The minimum absolute atomic E-state index is 0.425. The van der Waals surface area contributed by atoms with E-state index in [9.17, 15) is 0 Å². The lowest BCUT2D eigenvalue weighted by molar-refractivity contribution is 0.334. The molecule has 2 rings (SSSR count). The van der Waals surface area contributed by atoms with E-state index in [1.54, 1.807) is 0 Å². The minimum Gasteiger partial charge on any atom is -0.351 e. The van der Waals surface area contributed by atoms with Crippen LogP contribution in [0.15, 0.2) is 16.7 Å². The van der Waals surface area contributed by atoms with E-state index in [4.69, 9.17) is 5.73 Å². The van der Waals surface area contributed by atoms with Gasteiger partial charge in [0.15, 0.2) is 0 Å². The summed E-state index contributed by atoms with van der Waals surface area (Å²) in [6.07, 6.45) is 5.58. The molecule has 4 heteroatoms. The Kier molecular flexibility index (Phi) is 4.62. The lowest BCUT2D eigenvalue weighted by Crippen LogP contribution is -2.47. The fourth-order valence-corrected chi connectivity index (χ4v) is 3.20. The molecule has 2 atom stereocenters. The van der Waals surface area contributed by atoms with E-state index in [1.165, 1.54) is 24.8 Å². The molecule has 18 heavy (non-hydrogen) atoms. The Hall–Kier alpha value is -0.610. The van der Waals surface area contributed by atoms with Crippen molar-refractivity contribution in [2.24, 2.45) is 11.7 Å². The molecule has 0 aromatic carbocycles. The quantitative estimate of drug-likeness (QED) is 0.932. The normalized spacial score (nSPS) is 24.3. The molecule has 1 aromatic rings. The Morgan fingerprint density at radius 1 is 1.56 bits per heavy atom. The van der Waals surface area contributed by atoms with Gasteiger partial charge in [-0.15, -0.1) is 0 Å². The van der Waals surface area contributed by atoms with E-state index in [2.05, 4.69) is 39.7 Å². The first-order chi connectivity index (χ1) is 8.67. The summed E-state index contributed by atoms with van der Waals surface area (Å²) in [5, 5.41) is 0. The third-order valence-electron chi connectivity index (χ3n) is 4.01. The molecule has 1 saturated heterocycles. The number of anilines is 1. The summed E-state index contributed by atoms with van der Waals surface area (Å²) < 4.78 is 1.11. The molecule has 100 valence electrons. The number of nitrogens with zero attached hydrogens (tertiary/aromatic N) is 2. The number of aromatic nitrogens is 1. The van der Waals surface area contributed by atoms with Crippen molar-refractivity contribution in [3.63, 3.8) is 0 Å². The predicted octanol–water partition coefficient (Wildman–Crippen LogP) is 3.11. The SMILES string of the molecule is CCC1CCN(c2nccc(C)c2Br)C(CN)C1. The van der Waals surface area contributed by atoms with Crippen molar-refractivity contribution in [2.45, 2.75) is 39.2 Å². The van der Waals surface area contributed by atoms with Crippen LogP contribution in [0.25, 0.3) is 0 Å². The van der Waals surface area contributed by atoms with Crippen molar-refractivity contribution < 1.29 is 0 Å². The molecule has 1 aliphatic heterocycles. The van der Waals surface area contributed by atoms with E-state index in [-0.39, 0.29) is 0 Å². The average molecular weight is 312 g/mol. The number of piperidine rings is 1. The van der Waals surface area contributed by atoms with Gasteiger partial charge in [-0.2, -0.15) is 0 Å². The summed E-state index contributed by atoms with van der Waals surface area (Å²) in [6.45, 7) is 6.15. The molecule has 1 aliphatic rings. The molecule has 2 heterocycles. The summed E-state index contributed by atoms with van der Waals surface area (Å²) >= 11 is 3.66. The second-order valence-corrected chi connectivity index (χ2v) is 5.94. The highest BCUT2D eigenvalue weighted by Gasteiger charge is 2.28.